The Morgan fingerprint density at radius 3 is 2.73 bits per heavy atom. The molecule has 1 aromatic rings. The number of pyridine rings is 1. The third kappa shape index (κ3) is 2.79. The van der Waals surface area contributed by atoms with E-state index in [1.807, 2.05) is 18.3 Å². The van der Waals surface area contributed by atoms with E-state index in [1.165, 1.54) is 37.7 Å². The fourth-order valence-corrected chi connectivity index (χ4v) is 2.77. The number of rotatable bonds is 2. The molecular formula is C12H17BrN2. The summed E-state index contributed by atoms with van der Waals surface area (Å²) in [6, 6.07) is 4.26. The van der Waals surface area contributed by atoms with Crippen LogP contribution in [0, 0.1) is 5.92 Å². The molecule has 1 aliphatic rings. The van der Waals surface area contributed by atoms with Crippen LogP contribution in [0.5, 0.6) is 0 Å². The van der Waals surface area contributed by atoms with Gasteiger partial charge in [-0.25, -0.2) is 4.98 Å². The maximum absolute atomic E-state index is 6.29. The number of hydrogen-bond acceptors (Lipinski definition) is 2. The maximum atomic E-state index is 6.29. The molecule has 1 heterocycles. The lowest BCUT2D eigenvalue weighted by Gasteiger charge is -2.27. The van der Waals surface area contributed by atoms with Gasteiger partial charge in [0.1, 0.15) is 4.60 Å². The minimum Gasteiger partial charge on any atom is -0.324 e. The predicted molar refractivity (Wildman–Crippen MR) is 65.4 cm³/mol. The second-order valence-corrected chi connectivity index (χ2v) is 5.15. The average Bonchev–Trinajstić information content (AvgIpc) is 2.29. The van der Waals surface area contributed by atoms with Crippen LogP contribution in [0.4, 0.5) is 0 Å². The van der Waals surface area contributed by atoms with Crippen molar-refractivity contribution in [2.75, 3.05) is 0 Å². The smallest absolute Gasteiger partial charge is 0.106 e. The quantitative estimate of drug-likeness (QED) is 0.835. The van der Waals surface area contributed by atoms with Crippen molar-refractivity contribution in [2.24, 2.45) is 11.7 Å². The van der Waals surface area contributed by atoms with Crippen molar-refractivity contribution in [1.29, 1.82) is 0 Å². The van der Waals surface area contributed by atoms with E-state index in [0.29, 0.717) is 5.92 Å². The van der Waals surface area contributed by atoms with Gasteiger partial charge in [0, 0.05) is 12.2 Å². The molecule has 0 radical (unpaired) electrons. The molecule has 0 saturated heterocycles. The van der Waals surface area contributed by atoms with Crippen molar-refractivity contribution in [3.8, 4) is 0 Å². The molecule has 1 aromatic heterocycles. The SMILES string of the molecule is N[C@@H](c1ccnc(Br)c1)C1CCCCC1. The van der Waals surface area contributed by atoms with Gasteiger partial charge >= 0.3 is 0 Å². The number of halogens is 1. The zero-order valence-electron chi connectivity index (χ0n) is 8.82. The van der Waals surface area contributed by atoms with Crippen molar-refractivity contribution >= 4 is 15.9 Å². The standard InChI is InChI=1S/C12H17BrN2/c13-11-8-10(6-7-15-11)12(14)9-4-2-1-3-5-9/h6-9,12H,1-5,14H2/t12-/m1/s1. The molecule has 0 unspecified atom stereocenters. The third-order valence-electron chi connectivity index (χ3n) is 3.29. The minimum atomic E-state index is 0.185. The molecular weight excluding hydrogens is 252 g/mol. The van der Waals surface area contributed by atoms with Crippen molar-refractivity contribution in [1.82, 2.24) is 4.98 Å². The van der Waals surface area contributed by atoms with E-state index in [-0.39, 0.29) is 6.04 Å². The molecule has 0 spiro atoms. The Hall–Kier alpha value is -0.410. The Balaban J connectivity index is 2.08. The van der Waals surface area contributed by atoms with E-state index in [0.717, 1.165) is 4.60 Å². The lowest BCUT2D eigenvalue weighted by atomic mass is 9.82. The van der Waals surface area contributed by atoms with Gasteiger partial charge < -0.3 is 5.73 Å². The van der Waals surface area contributed by atoms with E-state index in [9.17, 15) is 0 Å². The summed E-state index contributed by atoms with van der Waals surface area (Å²) in [5.74, 6) is 0.660. The molecule has 1 atom stereocenters. The van der Waals surface area contributed by atoms with E-state index >= 15 is 0 Å². The summed E-state index contributed by atoms with van der Waals surface area (Å²) in [5.41, 5.74) is 7.50. The van der Waals surface area contributed by atoms with Gasteiger partial charge in [-0.05, 0) is 52.4 Å². The normalized spacial score (nSPS) is 20.1. The van der Waals surface area contributed by atoms with Crippen LogP contribution in [0.15, 0.2) is 22.9 Å². The molecule has 82 valence electrons. The van der Waals surface area contributed by atoms with Gasteiger partial charge in [0.2, 0.25) is 0 Å². The molecule has 1 fully saturated rings. The van der Waals surface area contributed by atoms with Crippen LogP contribution in [0.1, 0.15) is 43.7 Å². The van der Waals surface area contributed by atoms with Crippen molar-refractivity contribution in [3.63, 3.8) is 0 Å². The molecule has 0 aliphatic heterocycles. The van der Waals surface area contributed by atoms with Crippen molar-refractivity contribution in [3.05, 3.63) is 28.5 Å². The number of nitrogens with two attached hydrogens (primary N) is 1. The van der Waals surface area contributed by atoms with Crippen molar-refractivity contribution in [2.45, 2.75) is 38.1 Å². The Labute approximate surface area is 99.4 Å². The van der Waals surface area contributed by atoms with Crippen LogP contribution in [0.3, 0.4) is 0 Å². The summed E-state index contributed by atoms with van der Waals surface area (Å²) in [7, 11) is 0. The second-order valence-electron chi connectivity index (χ2n) is 4.34. The first kappa shape index (κ1) is 11.1. The summed E-state index contributed by atoms with van der Waals surface area (Å²) in [4.78, 5) is 4.13. The van der Waals surface area contributed by atoms with Gasteiger partial charge in [0.25, 0.3) is 0 Å². The van der Waals surface area contributed by atoms with Gasteiger partial charge in [0.05, 0.1) is 0 Å². The second kappa shape index (κ2) is 5.08. The Kier molecular flexibility index (Phi) is 3.76. The highest BCUT2D eigenvalue weighted by Gasteiger charge is 2.21. The Morgan fingerprint density at radius 1 is 1.33 bits per heavy atom. The first-order chi connectivity index (χ1) is 7.27. The van der Waals surface area contributed by atoms with E-state index in [2.05, 4.69) is 20.9 Å². The highest BCUT2D eigenvalue weighted by atomic mass is 79.9. The summed E-state index contributed by atoms with van der Waals surface area (Å²) >= 11 is 3.39. The lowest BCUT2D eigenvalue weighted by Crippen LogP contribution is -2.23. The molecule has 2 nitrogen and oxygen atoms in total. The topological polar surface area (TPSA) is 38.9 Å². The fraction of sp³-hybridized carbons (Fsp3) is 0.583. The minimum absolute atomic E-state index is 0.185. The fourth-order valence-electron chi connectivity index (χ4n) is 2.39. The Morgan fingerprint density at radius 2 is 2.07 bits per heavy atom. The zero-order valence-corrected chi connectivity index (χ0v) is 10.4. The predicted octanol–water partition coefficient (Wildman–Crippen LogP) is 3.42. The summed E-state index contributed by atoms with van der Waals surface area (Å²) in [5, 5.41) is 0. The first-order valence-electron chi connectivity index (χ1n) is 5.64. The summed E-state index contributed by atoms with van der Waals surface area (Å²) in [6.45, 7) is 0. The molecule has 2 rings (SSSR count). The molecule has 2 N–H and O–H groups in total. The molecule has 15 heavy (non-hydrogen) atoms. The molecule has 1 saturated carbocycles. The van der Waals surface area contributed by atoms with Crippen LogP contribution in [-0.2, 0) is 0 Å². The lowest BCUT2D eigenvalue weighted by molar-refractivity contribution is 0.308. The van der Waals surface area contributed by atoms with Gasteiger partial charge in [0.15, 0.2) is 0 Å². The summed E-state index contributed by atoms with van der Waals surface area (Å²) < 4.78 is 0.881. The molecule has 1 aliphatic carbocycles. The largest absolute Gasteiger partial charge is 0.324 e. The maximum Gasteiger partial charge on any atom is 0.106 e. The van der Waals surface area contributed by atoms with E-state index in [1.54, 1.807) is 0 Å². The monoisotopic (exact) mass is 268 g/mol. The van der Waals surface area contributed by atoms with Gasteiger partial charge in [-0.1, -0.05) is 19.3 Å². The molecule has 0 amide bonds. The highest BCUT2D eigenvalue weighted by Crippen LogP contribution is 2.33. The van der Waals surface area contributed by atoms with Crippen LogP contribution >= 0.6 is 15.9 Å². The number of nitrogens with zero attached hydrogens (tertiary/aromatic N) is 1. The van der Waals surface area contributed by atoms with Crippen LogP contribution in [0.25, 0.3) is 0 Å². The van der Waals surface area contributed by atoms with Crippen LogP contribution in [0.2, 0.25) is 0 Å². The first-order valence-corrected chi connectivity index (χ1v) is 6.43. The van der Waals surface area contributed by atoms with Crippen LogP contribution in [-0.4, -0.2) is 4.98 Å². The Bertz CT molecular complexity index is 321. The molecule has 3 heteroatoms. The zero-order chi connectivity index (χ0) is 10.7. The summed E-state index contributed by atoms with van der Waals surface area (Å²) in [6.07, 6.45) is 8.43. The highest BCUT2D eigenvalue weighted by molar-refractivity contribution is 9.10. The van der Waals surface area contributed by atoms with Crippen molar-refractivity contribution < 1.29 is 0 Å². The van der Waals surface area contributed by atoms with Gasteiger partial charge in [-0.15, -0.1) is 0 Å². The van der Waals surface area contributed by atoms with E-state index in [4.69, 9.17) is 5.73 Å². The average molecular weight is 269 g/mol. The molecule has 0 aromatic carbocycles. The van der Waals surface area contributed by atoms with Crippen LogP contribution < -0.4 is 5.73 Å². The van der Waals surface area contributed by atoms with Gasteiger partial charge in [-0.2, -0.15) is 0 Å². The van der Waals surface area contributed by atoms with E-state index < -0.39 is 0 Å². The number of aromatic nitrogens is 1. The van der Waals surface area contributed by atoms with Gasteiger partial charge in [-0.3, -0.25) is 0 Å². The number of hydrogen-bond donors (Lipinski definition) is 1. The molecule has 0 bridgehead atoms. The third-order valence-corrected chi connectivity index (χ3v) is 3.73.